The number of aliphatic hydroxyl groups is 1. The quantitative estimate of drug-likeness (QED) is 0.0369. The predicted molar refractivity (Wildman–Crippen MR) is 161 cm³/mol. The zero-order valence-electron chi connectivity index (χ0n) is 24.3. The van der Waals surface area contributed by atoms with Crippen molar-refractivity contribution in [3.8, 4) is 11.5 Å². The van der Waals surface area contributed by atoms with E-state index in [1.807, 2.05) is 13.0 Å². The van der Waals surface area contributed by atoms with Crippen molar-refractivity contribution in [2.24, 2.45) is 0 Å². The molecule has 11 heteroatoms. The van der Waals surface area contributed by atoms with Crippen LogP contribution in [0.5, 0.6) is 11.5 Å². The van der Waals surface area contributed by atoms with Crippen LogP contribution < -0.4 is 9.47 Å². The number of unbranched alkanes of at least 4 members (excludes halogenated alkanes) is 3. The van der Waals surface area contributed by atoms with Crippen LogP contribution in [-0.4, -0.2) is 54.7 Å². The fourth-order valence-corrected chi connectivity index (χ4v) is 4.30. The molecule has 0 aliphatic carbocycles. The molecule has 2 aromatic carbocycles. The number of carbonyl (C=O) groups is 4. The van der Waals surface area contributed by atoms with Crippen LogP contribution >= 0.6 is 11.8 Å². The molecule has 232 valence electrons. The van der Waals surface area contributed by atoms with Crippen LogP contribution in [0.1, 0.15) is 61.4 Å². The second-order valence-electron chi connectivity index (χ2n) is 9.16. The maximum absolute atomic E-state index is 12.9. The van der Waals surface area contributed by atoms with Gasteiger partial charge in [0.05, 0.1) is 38.3 Å². The summed E-state index contributed by atoms with van der Waals surface area (Å²) in [6.45, 7) is 8.97. The summed E-state index contributed by atoms with van der Waals surface area (Å²) >= 11 is 1.06. The SMILES string of the molecule is C=COC(=O)CCCCCOc1ccc(C(=O)Sc2ccc(OC(=O)OCCCCOC(=O)C(=C)CO)cc2)cc1CC. The highest BCUT2D eigenvalue weighted by atomic mass is 32.2. The summed E-state index contributed by atoms with van der Waals surface area (Å²) in [7, 11) is 0. The van der Waals surface area contributed by atoms with Crippen molar-refractivity contribution >= 4 is 35.0 Å². The molecule has 0 heterocycles. The average Bonchev–Trinajstić information content (AvgIpc) is 3.01. The van der Waals surface area contributed by atoms with Crippen LogP contribution in [0, 0.1) is 0 Å². The van der Waals surface area contributed by atoms with Crippen LogP contribution in [-0.2, 0) is 30.2 Å². The van der Waals surface area contributed by atoms with Crippen molar-refractivity contribution in [1.82, 2.24) is 0 Å². The first-order valence-electron chi connectivity index (χ1n) is 14.0. The molecule has 0 amide bonds. The standard InChI is InChI=1S/C32H38O10S/c1-4-24-21-25(12-17-28(24)39-18-8-6-7-11-29(34)38-5-2)31(36)43-27-15-13-26(14-16-27)42-32(37)41-20-10-9-19-40-30(35)23(3)22-33/h5,12-17,21,33H,2-4,6-11,18-20,22H2,1H3. The summed E-state index contributed by atoms with van der Waals surface area (Å²) in [4.78, 5) is 48.2. The normalized spacial score (nSPS) is 10.4. The van der Waals surface area contributed by atoms with E-state index in [9.17, 15) is 19.2 Å². The molecule has 0 saturated heterocycles. The van der Waals surface area contributed by atoms with Crippen LogP contribution in [0.4, 0.5) is 4.79 Å². The lowest BCUT2D eigenvalue weighted by atomic mass is 10.1. The second kappa shape index (κ2) is 19.9. The zero-order valence-corrected chi connectivity index (χ0v) is 25.2. The van der Waals surface area contributed by atoms with Crippen LogP contribution in [0.2, 0.25) is 0 Å². The minimum absolute atomic E-state index is 0.0228. The number of aryl methyl sites for hydroxylation is 1. The third-order valence-corrected chi connectivity index (χ3v) is 6.81. The number of ether oxygens (including phenoxy) is 5. The van der Waals surface area contributed by atoms with Gasteiger partial charge in [0.2, 0.25) is 5.12 Å². The maximum atomic E-state index is 12.9. The summed E-state index contributed by atoms with van der Waals surface area (Å²) in [5.41, 5.74) is 1.45. The van der Waals surface area contributed by atoms with E-state index in [0.717, 1.165) is 42.2 Å². The number of thioether (sulfide) groups is 1. The minimum Gasteiger partial charge on any atom is -0.493 e. The number of benzene rings is 2. The Balaban J connectivity index is 1.73. The molecule has 0 bridgehead atoms. The lowest BCUT2D eigenvalue weighted by Crippen LogP contribution is -2.13. The summed E-state index contributed by atoms with van der Waals surface area (Å²) in [5.74, 6) is 0.0494. The highest BCUT2D eigenvalue weighted by Crippen LogP contribution is 2.28. The molecule has 43 heavy (non-hydrogen) atoms. The van der Waals surface area contributed by atoms with Gasteiger partial charge >= 0.3 is 18.1 Å². The Bertz CT molecular complexity index is 1240. The van der Waals surface area contributed by atoms with Crippen molar-refractivity contribution in [2.45, 2.75) is 56.8 Å². The average molecular weight is 615 g/mol. The third-order valence-electron chi connectivity index (χ3n) is 5.88. The van der Waals surface area contributed by atoms with Gasteiger partial charge in [-0.3, -0.25) is 9.59 Å². The molecule has 0 aliphatic heterocycles. The minimum atomic E-state index is -0.871. The van der Waals surface area contributed by atoms with E-state index in [-0.39, 0.29) is 35.6 Å². The van der Waals surface area contributed by atoms with E-state index in [2.05, 4.69) is 13.2 Å². The molecule has 0 radical (unpaired) electrons. The van der Waals surface area contributed by atoms with Gasteiger partial charge in [-0.25, -0.2) is 9.59 Å². The van der Waals surface area contributed by atoms with Crippen LogP contribution in [0.3, 0.4) is 0 Å². The van der Waals surface area contributed by atoms with Gasteiger partial charge in [-0.1, -0.05) is 20.1 Å². The molecule has 1 N–H and O–H groups in total. The summed E-state index contributed by atoms with van der Waals surface area (Å²) in [6.07, 6.45) is 4.56. The van der Waals surface area contributed by atoms with E-state index >= 15 is 0 Å². The molecular weight excluding hydrogens is 576 g/mol. The lowest BCUT2D eigenvalue weighted by Gasteiger charge is -2.12. The highest BCUT2D eigenvalue weighted by molar-refractivity contribution is 8.14. The van der Waals surface area contributed by atoms with Crippen molar-refractivity contribution in [3.05, 3.63) is 78.6 Å². The van der Waals surface area contributed by atoms with Gasteiger partial charge in [-0.05, 0) is 98.3 Å². The summed E-state index contributed by atoms with van der Waals surface area (Å²) in [6, 6.07) is 11.9. The topological polar surface area (TPSA) is 135 Å². The molecule has 10 nitrogen and oxygen atoms in total. The third kappa shape index (κ3) is 13.6. The monoisotopic (exact) mass is 614 g/mol. The zero-order chi connectivity index (χ0) is 31.5. The van der Waals surface area contributed by atoms with E-state index in [4.69, 9.17) is 28.8 Å². The lowest BCUT2D eigenvalue weighted by molar-refractivity contribution is -0.140. The Kier molecular flexibility index (Phi) is 16.3. The van der Waals surface area contributed by atoms with Crippen molar-refractivity contribution < 1.29 is 48.0 Å². The maximum Gasteiger partial charge on any atom is 0.513 e. The molecule has 0 saturated carbocycles. The van der Waals surface area contributed by atoms with E-state index in [1.165, 1.54) is 0 Å². The molecule has 2 rings (SSSR count). The smallest absolute Gasteiger partial charge is 0.493 e. The van der Waals surface area contributed by atoms with Crippen molar-refractivity contribution in [1.29, 1.82) is 0 Å². The number of hydrogen-bond donors (Lipinski definition) is 1. The number of hydrogen-bond acceptors (Lipinski definition) is 11. The van der Waals surface area contributed by atoms with Gasteiger partial charge in [0.25, 0.3) is 0 Å². The fraction of sp³-hybridized carbons (Fsp3) is 0.375. The summed E-state index contributed by atoms with van der Waals surface area (Å²) < 4.78 is 25.7. The second-order valence-corrected chi connectivity index (χ2v) is 10.2. The van der Waals surface area contributed by atoms with Crippen LogP contribution in [0.25, 0.3) is 0 Å². The van der Waals surface area contributed by atoms with Gasteiger partial charge in [0, 0.05) is 16.9 Å². The molecule has 0 aromatic heterocycles. The van der Waals surface area contributed by atoms with Gasteiger partial charge in [0.15, 0.2) is 0 Å². The van der Waals surface area contributed by atoms with E-state index in [1.54, 1.807) is 36.4 Å². The Hall–Kier alpha value is -4.09. The van der Waals surface area contributed by atoms with E-state index in [0.29, 0.717) is 49.2 Å². The molecule has 0 unspecified atom stereocenters. The van der Waals surface area contributed by atoms with Gasteiger partial charge in [0.1, 0.15) is 11.5 Å². The van der Waals surface area contributed by atoms with Gasteiger partial charge in [-0.15, -0.1) is 0 Å². The molecule has 2 aromatic rings. The van der Waals surface area contributed by atoms with Crippen LogP contribution in [0.15, 0.2) is 72.4 Å². The Morgan fingerprint density at radius 2 is 1.60 bits per heavy atom. The molecule has 0 atom stereocenters. The molecule has 0 aliphatic rings. The first kappa shape index (κ1) is 35.1. The number of esters is 2. The largest absolute Gasteiger partial charge is 0.513 e. The van der Waals surface area contributed by atoms with Crippen molar-refractivity contribution in [3.63, 3.8) is 0 Å². The first-order valence-corrected chi connectivity index (χ1v) is 14.8. The molecule has 0 fully saturated rings. The Morgan fingerprint density at radius 1 is 0.907 bits per heavy atom. The van der Waals surface area contributed by atoms with E-state index < -0.39 is 18.7 Å². The Labute approximate surface area is 256 Å². The number of carbonyl (C=O) groups excluding carboxylic acids is 4. The highest BCUT2D eigenvalue weighted by Gasteiger charge is 2.13. The molecular formula is C32H38O10S. The molecule has 0 spiro atoms. The summed E-state index contributed by atoms with van der Waals surface area (Å²) in [5, 5.41) is 8.68. The predicted octanol–water partition coefficient (Wildman–Crippen LogP) is 6.19. The van der Waals surface area contributed by atoms with Gasteiger partial charge < -0.3 is 28.8 Å². The fourth-order valence-electron chi connectivity index (χ4n) is 3.56. The number of aliphatic hydroxyl groups excluding tert-OH is 1. The van der Waals surface area contributed by atoms with Gasteiger partial charge in [-0.2, -0.15) is 0 Å². The Morgan fingerprint density at radius 3 is 2.28 bits per heavy atom. The van der Waals surface area contributed by atoms with Crippen molar-refractivity contribution in [2.75, 3.05) is 26.4 Å². The first-order chi connectivity index (χ1) is 20.8. The number of rotatable bonds is 19.